The van der Waals surface area contributed by atoms with Crippen LogP contribution in [0.5, 0.6) is 0 Å². The first-order valence-electron chi connectivity index (χ1n) is 3.60. The lowest BCUT2D eigenvalue weighted by Gasteiger charge is -2.08. The summed E-state index contributed by atoms with van der Waals surface area (Å²) in [5.74, 6) is -1.03. The normalized spacial score (nSPS) is 14.6. The number of aliphatic carboxylic acids is 1. The van der Waals surface area contributed by atoms with Crippen LogP contribution in [0.15, 0.2) is 11.1 Å². The first-order valence-corrected chi connectivity index (χ1v) is 4.04. The number of hydrogen-bond acceptors (Lipinski definition) is 1. The maximum atomic E-state index is 10.5. The van der Waals surface area contributed by atoms with Crippen molar-refractivity contribution in [3.05, 3.63) is 11.1 Å². The van der Waals surface area contributed by atoms with Crippen molar-refractivity contribution in [2.75, 3.05) is 0 Å². The van der Waals surface area contributed by atoms with E-state index in [2.05, 4.69) is 0 Å². The van der Waals surface area contributed by atoms with E-state index in [0.29, 0.717) is 12.8 Å². The van der Waals surface area contributed by atoms with Gasteiger partial charge in [-0.25, -0.2) is 0 Å². The highest BCUT2D eigenvalue weighted by molar-refractivity contribution is 6.25. The van der Waals surface area contributed by atoms with Crippen LogP contribution in [0.25, 0.3) is 0 Å². The predicted octanol–water partition coefficient (Wildman–Crippen LogP) is 2.63. The molecule has 11 heavy (non-hydrogen) atoms. The van der Waals surface area contributed by atoms with Crippen LogP contribution in [0.4, 0.5) is 0 Å². The molecule has 0 radical (unpaired) electrons. The van der Waals surface area contributed by atoms with Gasteiger partial charge in [0.25, 0.3) is 0 Å². The Morgan fingerprint density at radius 2 is 2.27 bits per heavy atom. The zero-order chi connectivity index (χ0) is 8.85. The molecule has 0 saturated carbocycles. The van der Waals surface area contributed by atoms with Crippen molar-refractivity contribution in [1.29, 1.82) is 0 Å². The van der Waals surface area contributed by atoms with E-state index in [1.165, 1.54) is 5.54 Å². The summed E-state index contributed by atoms with van der Waals surface area (Å²) in [4.78, 5) is 10.5. The largest absolute Gasteiger partial charge is 0.481 e. The van der Waals surface area contributed by atoms with Gasteiger partial charge in [0.1, 0.15) is 0 Å². The lowest BCUT2D eigenvalue weighted by atomic mass is 9.99. The number of carbonyl (C=O) groups is 1. The molecule has 0 aromatic heterocycles. The minimum atomic E-state index is -0.745. The molecule has 0 rings (SSSR count). The molecule has 2 nitrogen and oxygen atoms in total. The smallest absolute Gasteiger partial charge is 0.306 e. The number of carboxylic acids is 1. The van der Waals surface area contributed by atoms with E-state index >= 15 is 0 Å². The fourth-order valence-corrected chi connectivity index (χ4v) is 0.929. The second-order valence-corrected chi connectivity index (χ2v) is 2.82. The zero-order valence-electron chi connectivity index (χ0n) is 6.80. The molecule has 1 atom stereocenters. The first kappa shape index (κ1) is 10.5. The van der Waals surface area contributed by atoms with Crippen LogP contribution in [0.2, 0.25) is 0 Å². The summed E-state index contributed by atoms with van der Waals surface area (Å²) < 4.78 is 0. The third-order valence-electron chi connectivity index (χ3n) is 1.60. The average molecular weight is 177 g/mol. The van der Waals surface area contributed by atoms with E-state index in [1.54, 1.807) is 0 Å². The minimum absolute atomic E-state index is 0.287. The highest BCUT2D eigenvalue weighted by Gasteiger charge is 2.14. The molecule has 64 valence electrons. The Labute approximate surface area is 71.9 Å². The number of halogens is 1. The van der Waals surface area contributed by atoms with Gasteiger partial charge in [0, 0.05) is 5.54 Å². The van der Waals surface area contributed by atoms with Crippen molar-refractivity contribution in [3.8, 4) is 0 Å². The highest BCUT2D eigenvalue weighted by atomic mass is 35.5. The predicted molar refractivity (Wildman–Crippen MR) is 45.6 cm³/mol. The topological polar surface area (TPSA) is 37.3 Å². The fraction of sp³-hybridized carbons (Fsp3) is 0.625. The maximum Gasteiger partial charge on any atom is 0.306 e. The molecule has 0 aromatic rings. The fourth-order valence-electron chi connectivity index (χ4n) is 0.839. The van der Waals surface area contributed by atoms with Crippen LogP contribution >= 0.6 is 11.6 Å². The summed E-state index contributed by atoms with van der Waals surface area (Å²) >= 11 is 5.40. The Balaban J connectivity index is 3.98. The summed E-state index contributed by atoms with van der Waals surface area (Å²) in [7, 11) is 0. The molecular formula is C8H13ClO2. The lowest BCUT2D eigenvalue weighted by Crippen LogP contribution is -2.12. The summed E-state index contributed by atoms with van der Waals surface area (Å²) in [5.41, 5.74) is 2.35. The van der Waals surface area contributed by atoms with E-state index < -0.39 is 5.97 Å². The van der Waals surface area contributed by atoms with E-state index in [0.717, 1.165) is 5.57 Å². The van der Waals surface area contributed by atoms with Crippen molar-refractivity contribution >= 4 is 17.6 Å². The quantitative estimate of drug-likeness (QED) is 0.715. The Morgan fingerprint density at radius 3 is 2.55 bits per heavy atom. The molecule has 0 amide bonds. The third-order valence-corrected chi connectivity index (χ3v) is 1.97. The van der Waals surface area contributed by atoms with Crippen LogP contribution in [-0.4, -0.2) is 11.1 Å². The average Bonchev–Trinajstić information content (AvgIpc) is 1.99. The van der Waals surface area contributed by atoms with Gasteiger partial charge in [-0.05, 0) is 19.8 Å². The molecule has 0 aliphatic rings. The van der Waals surface area contributed by atoms with Gasteiger partial charge in [-0.1, -0.05) is 24.1 Å². The number of carboxylic acid groups (broad SMARTS) is 1. The van der Waals surface area contributed by atoms with E-state index in [1.807, 2.05) is 13.8 Å². The lowest BCUT2D eigenvalue weighted by molar-refractivity contribution is -0.141. The molecular weight excluding hydrogens is 164 g/mol. The first-order chi connectivity index (χ1) is 5.11. The van der Waals surface area contributed by atoms with Crippen molar-refractivity contribution in [2.45, 2.75) is 26.7 Å². The second kappa shape index (κ2) is 5.19. The Kier molecular flexibility index (Phi) is 4.95. The summed E-state index contributed by atoms with van der Waals surface area (Å²) in [6.07, 6.45) is 1.20. The number of allylic oxidation sites excluding steroid dienone is 1. The SMILES string of the molecule is CCC(CC(C)=CCl)C(=O)O. The van der Waals surface area contributed by atoms with E-state index in [9.17, 15) is 4.79 Å². The van der Waals surface area contributed by atoms with Crippen molar-refractivity contribution in [3.63, 3.8) is 0 Å². The maximum absolute atomic E-state index is 10.5. The van der Waals surface area contributed by atoms with Crippen LogP contribution in [0, 0.1) is 5.92 Å². The summed E-state index contributed by atoms with van der Waals surface area (Å²) in [6, 6.07) is 0. The molecule has 3 heteroatoms. The molecule has 0 bridgehead atoms. The monoisotopic (exact) mass is 176 g/mol. The zero-order valence-corrected chi connectivity index (χ0v) is 7.56. The number of rotatable bonds is 4. The van der Waals surface area contributed by atoms with Crippen molar-refractivity contribution < 1.29 is 9.90 Å². The molecule has 0 aliphatic heterocycles. The summed E-state index contributed by atoms with van der Waals surface area (Å²) in [6.45, 7) is 3.69. The third kappa shape index (κ3) is 4.04. The van der Waals surface area contributed by atoms with Crippen molar-refractivity contribution in [2.24, 2.45) is 5.92 Å². The molecule has 1 N–H and O–H groups in total. The Bertz CT molecular complexity index is 163. The van der Waals surface area contributed by atoms with Crippen molar-refractivity contribution in [1.82, 2.24) is 0 Å². The van der Waals surface area contributed by atoms with Crippen LogP contribution in [0.1, 0.15) is 26.7 Å². The molecule has 0 fully saturated rings. The molecule has 0 aliphatic carbocycles. The molecule has 0 heterocycles. The Hall–Kier alpha value is -0.500. The van der Waals surface area contributed by atoms with Gasteiger partial charge < -0.3 is 5.11 Å². The van der Waals surface area contributed by atoms with Crippen LogP contribution < -0.4 is 0 Å². The molecule has 0 spiro atoms. The van der Waals surface area contributed by atoms with Crippen LogP contribution in [-0.2, 0) is 4.79 Å². The summed E-state index contributed by atoms with van der Waals surface area (Å²) in [5, 5.41) is 8.65. The molecule has 0 saturated heterocycles. The van der Waals surface area contributed by atoms with Gasteiger partial charge in [0.15, 0.2) is 0 Å². The van der Waals surface area contributed by atoms with Gasteiger partial charge in [-0.15, -0.1) is 0 Å². The molecule has 0 aromatic carbocycles. The second-order valence-electron chi connectivity index (χ2n) is 2.60. The van der Waals surface area contributed by atoms with Gasteiger partial charge >= 0.3 is 5.97 Å². The van der Waals surface area contributed by atoms with E-state index in [4.69, 9.17) is 16.7 Å². The van der Waals surface area contributed by atoms with Gasteiger partial charge in [-0.3, -0.25) is 4.79 Å². The van der Waals surface area contributed by atoms with Gasteiger partial charge in [-0.2, -0.15) is 0 Å². The van der Waals surface area contributed by atoms with E-state index in [-0.39, 0.29) is 5.92 Å². The van der Waals surface area contributed by atoms with Gasteiger partial charge in [0.2, 0.25) is 0 Å². The van der Waals surface area contributed by atoms with Gasteiger partial charge in [0.05, 0.1) is 5.92 Å². The Morgan fingerprint density at radius 1 is 1.73 bits per heavy atom. The standard InChI is InChI=1S/C8H13ClO2/c1-3-7(8(10)11)4-6(2)5-9/h5,7H,3-4H2,1-2H3,(H,10,11). The number of hydrogen-bond donors (Lipinski definition) is 1. The van der Waals surface area contributed by atoms with Crippen LogP contribution in [0.3, 0.4) is 0 Å². The molecule has 1 unspecified atom stereocenters. The minimum Gasteiger partial charge on any atom is -0.481 e. The highest BCUT2D eigenvalue weighted by Crippen LogP contribution is 2.15.